The van der Waals surface area contributed by atoms with Gasteiger partial charge in [-0.25, -0.2) is 13.3 Å². The molecule has 1 aromatic rings. The van der Waals surface area contributed by atoms with E-state index in [-0.39, 0.29) is 11.7 Å². The van der Waals surface area contributed by atoms with Crippen molar-refractivity contribution in [1.29, 1.82) is 0 Å². The molecule has 0 fully saturated rings. The van der Waals surface area contributed by atoms with Crippen molar-refractivity contribution in [3.63, 3.8) is 0 Å². The minimum Gasteiger partial charge on any atom is -0.391 e. The Morgan fingerprint density at radius 2 is 1.70 bits per heavy atom. The molecule has 1 rings (SSSR count). The molecular formula is C15H24FNO2S. The van der Waals surface area contributed by atoms with Crippen LogP contribution in [0.4, 0.5) is 4.39 Å². The zero-order valence-electron chi connectivity index (χ0n) is 12.7. The molecule has 3 atom stereocenters. The van der Waals surface area contributed by atoms with E-state index in [1.54, 1.807) is 12.1 Å². The number of hydrogen-bond acceptors (Lipinski definition) is 2. The highest BCUT2D eigenvalue weighted by atomic mass is 32.2. The summed E-state index contributed by atoms with van der Waals surface area (Å²) in [6, 6.07) is 5.42. The highest BCUT2D eigenvalue weighted by molar-refractivity contribution is 7.84. The molecule has 0 unspecified atom stereocenters. The standard InChI is InChI=1S/C15H24FNO2S/c1-10(2)14(18)13(17-20(19)15(3,4)5)11-6-8-12(16)9-7-11/h6-10,13-14,17-18H,1-5H3/t13-,14+,20+/m0/s1. The van der Waals surface area contributed by atoms with Gasteiger partial charge in [-0.1, -0.05) is 26.0 Å². The Morgan fingerprint density at radius 3 is 2.10 bits per heavy atom. The number of aliphatic hydroxyl groups excluding tert-OH is 1. The monoisotopic (exact) mass is 301 g/mol. The van der Waals surface area contributed by atoms with Crippen molar-refractivity contribution in [2.75, 3.05) is 0 Å². The first kappa shape index (κ1) is 17.3. The summed E-state index contributed by atoms with van der Waals surface area (Å²) in [7, 11) is -1.31. The van der Waals surface area contributed by atoms with Gasteiger partial charge in [0, 0.05) is 0 Å². The Hall–Kier alpha value is -0.780. The third kappa shape index (κ3) is 4.65. The largest absolute Gasteiger partial charge is 0.391 e. The van der Waals surface area contributed by atoms with Crippen molar-refractivity contribution in [2.45, 2.75) is 51.5 Å². The lowest BCUT2D eigenvalue weighted by Crippen LogP contribution is -2.41. The van der Waals surface area contributed by atoms with Gasteiger partial charge in [-0.3, -0.25) is 0 Å². The molecule has 0 spiro atoms. The lowest BCUT2D eigenvalue weighted by atomic mass is 9.94. The van der Waals surface area contributed by atoms with E-state index in [0.29, 0.717) is 0 Å². The van der Waals surface area contributed by atoms with E-state index < -0.39 is 27.9 Å². The van der Waals surface area contributed by atoms with Crippen molar-refractivity contribution in [1.82, 2.24) is 4.72 Å². The summed E-state index contributed by atoms with van der Waals surface area (Å²) in [5.41, 5.74) is 0.727. The number of rotatable bonds is 5. The fourth-order valence-corrected chi connectivity index (χ4v) is 2.54. The fraction of sp³-hybridized carbons (Fsp3) is 0.600. The molecule has 20 heavy (non-hydrogen) atoms. The Morgan fingerprint density at radius 1 is 1.20 bits per heavy atom. The third-order valence-corrected chi connectivity index (χ3v) is 4.62. The minimum absolute atomic E-state index is 0.00507. The van der Waals surface area contributed by atoms with Crippen LogP contribution < -0.4 is 4.72 Å². The van der Waals surface area contributed by atoms with Crippen LogP contribution >= 0.6 is 0 Å². The minimum atomic E-state index is -1.31. The Balaban J connectivity index is 3.03. The van der Waals surface area contributed by atoms with Gasteiger partial charge in [0.15, 0.2) is 0 Å². The molecule has 0 aromatic heterocycles. The lowest BCUT2D eigenvalue weighted by Gasteiger charge is -2.29. The van der Waals surface area contributed by atoms with Gasteiger partial charge in [-0.15, -0.1) is 0 Å². The maximum atomic E-state index is 13.0. The quantitative estimate of drug-likeness (QED) is 0.878. The van der Waals surface area contributed by atoms with Gasteiger partial charge in [-0.05, 0) is 44.4 Å². The van der Waals surface area contributed by atoms with Gasteiger partial charge < -0.3 is 5.11 Å². The molecule has 0 aliphatic heterocycles. The van der Waals surface area contributed by atoms with Gasteiger partial charge in [0.1, 0.15) is 5.82 Å². The molecule has 2 N–H and O–H groups in total. The van der Waals surface area contributed by atoms with E-state index in [4.69, 9.17) is 0 Å². The Labute approximate surface area is 123 Å². The highest BCUT2D eigenvalue weighted by Crippen LogP contribution is 2.24. The molecule has 0 heterocycles. The van der Waals surface area contributed by atoms with Crippen LogP contribution in [0.15, 0.2) is 24.3 Å². The molecule has 0 radical (unpaired) electrons. The number of nitrogens with one attached hydrogen (secondary N) is 1. The van der Waals surface area contributed by atoms with Crippen LogP contribution in [0, 0.1) is 11.7 Å². The number of benzene rings is 1. The molecule has 5 heteroatoms. The molecule has 0 aliphatic rings. The van der Waals surface area contributed by atoms with Crippen molar-refractivity contribution >= 4 is 11.0 Å². The second kappa shape index (κ2) is 6.78. The van der Waals surface area contributed by atoms with Crippen molar-refractivity contribution in [3.8, 4) is 0 Å². The number of halogens is 1. The van der Waals surface area contributed by atoms with E-state index in [9.17, 15) is 13.7 Å². The second-order valence-electron chi connectivity index (χ2n) is 6.26. The maximum absolute atomic E-state index is 13.0. The SMILES string of the molecule is CC(C)[C@@H](O)[C@@H](N[S@](=O)C(C)(C)C)c1ccc(F)cc1. The predicted octanol–water partition coefficient (Wildman–Crippen LogP) is 2.94. The van der Waals surface area contributed by atoms with Crippen LogP contribution in [0.25, 0.3) is 0 Å². The van der Waals surface area contributed by atoms with Crippen molar-refractivity contribution in [2.24, 2.45) is 5.92 Å². The normalized spacial score (nSPS) is 17.0. The van der Waals surface area contributed by atoms with Crippen LogP contribution in [0.1, 0.15) is 46.2 Å². The topological polar surface area (TPSA) is 49.3 Å². The zero-order chi connectivity index (χ0) is 15.5. The van der Waals surface area contributed by atoms with Gasteiger partial charge in [0.2, 0.25) is 0 Å². The first-order valence-corrected chi connectivity index (χ1v) is 7.89. The molecular weight excluding hydrogens is 277 g/mol. The van der Waals surface area contributed by atoms with Crippen LogP contribution in [-0.2, 0) is 11.0 Å². The predicted molar refractivity (Wildman–Crippen MR) is 81.0 cm³/mol. The number of aliphatic hydroxyl groups is 1. The van der Waals surface area contributed by atoms with Crippen LogP contribution in [0.3, 0.4) is 0 Å². The average Bonchev–Trinajstić information content (AvgIpc) is 2.34. The molecule has 1 aromatic carbocycles. The van der Waals surface area contributed by atoms with Gasteiger partial charge in [-0.2, -0.15) is 0 Å². The van der Waals surface area contributed by atoms with E-state index >= 15 is 0 Å². The van der Waals surface area contributed by atoms with Gasteiger partial charge in [0.05, 0.1) is 27.9 Å². The first-order valence-electron chi connectivity index (χ1n) is 6.74. The van der Waals surface area contributed by atoms with Gasteiger partial charge in [0.25, 0.3) is 0 Å². The average molecular weight is 301 g/mol. The van der Waals surface area contributed by atoms with E-state index in [1.807, 2.05) is 34.6 Å². The summed E-state index contributed by atoms with van der Waals surface area (Å²) in [5, 5.41) is 10.3. The van der Waals surface area contributed by atoms with Crippen LogP contribution in [0.5, 0.6) is 0 Å². The molecule has 3 nitrogen and oxygen atoms in total. The fourth-order valence-electron chi connectivity index (χ4n) is 1.68. The summed E-state index contributed by atoms with van der Waals surface area (Å²) in [6.45, 7) is 9.37. The summed E-state index contributed by atoms with van der Waals surface area (Å²) in [5.74, 6) is -0.335. The van der Waals surface area contributed by atoms with Crippen LogP contribution in [0.2, 0.25) is 0 Å². The van der Waals surface area contributed by atoms with E-state index in [2.05, 4.69) is 4.72 Å². The molecule has 114 valence electrons. The maximum Gasteiger partial charge on any atom is 0.123 e. The van der Waals surface area contributed by atoms with E-state index in [1.165, 1.54) is 12.1 Å². The smallest absolute Gasteiger partial charge is 0.123 e. The Kier molecular flexibility index (Phi) is 5.86. The van der Waals surface area contributed by atoms with E-state index in [0.717, 1.165) is 5.56 Å². The van der Waals surface area contributed by atoms with Crippen molar-refractivity contribution in [3.05, 3.63) is 35.6 Å². The molecule has 0 saturated heterocycles. The zero-order valence-corrected chi connectivity index (χ0v) is 13.5. The summed E-state index contributed by atoms with van der Waals surface area (Å²) >= 11 is 0. The Bertz CT molecular complexity index is 454. The molecule has 0 saturated carbocycles. The highest BCUT2D eigenvalue weighted by Gasteiger charge is 2.29. The molecule has 0 amide bonds. The summed E-state index contributed by atoms with van der Waals surface area (Å²) in [4.78, 5) is 0. The first-order chi connectivity index (χ1) is 9.12. The third-order valence-electron chi connectivity index (χ3n) is 3.04. The van der Waals surface area contributed by atoms with Crippen LogP contribution in [-0.4, -0.2) is 20.2 Å². The second-order valence-corrected chi connectivity index (χ2v) is 8.26. The molecule has 0 bridgehead atoms. The summed E-state index contributed by atoms with van der Waals surface area (Å²) in [6.07, 6.45) is -0.702. The summed E-state index contributed by atoms with van der Waals surface area (Å²) < 4.78 is 27.8. The molecule has 0 aliphatic carbocycles. The van der Waals surface area contributed by atoms with Crippen molar-refractivity contribution < 1.29 is 13.7 Å². The van der Waals surface area contributed by atoms with Gasteiger partial charge >= 0.3 is 0 Å². The number of hydrogen-bond donors (Lipinski definition) is 2. The lowest BCUT2D eigenvalue weighted by molar-refractivity contribution is 0.0921.